The molecule has 1 amide bonds. The second kappa shape index (κ2) is 9.17. The van der Waals surface area contributed by atoms with Gasteiger partial charge in [0.1, 0.15) is 12.7 Å². The van der Waals surface area contributed by atoms with Gasteiger partial charge in [0.15, 0.2) is 0 Å². The van der Waals surface area contributed by atoms with E-state index in [0.717, 1.165) is 23.4 Å². The second-order valence-corrected chi connectivity index (χ2v) is 7.35. The van der Waals surface area contributed by atoms with Crippen LogP contribution in [0.4, 0.5) is 24.5 Å². The molecule has 0 saturated heterocycles. The van der Waals surface area contributed by atoms with Gasteiger partial charge in [-0.15, -0.1) is 0 Å². The molecule has 0 saturated carbocycles. The Balaban J connectivity index is 1.71. The maximum atomic E-state index is 13.2. The summed E-state index contributed by atoms with van der Waals surface area (Å²) < 4.78 is 40.8. The van der Waals surface area contributed by atoms with Crippen LogP contribution in [-0.4, -0.2) is 53.3 Å². The van der Waals surface area contributed by atoms with Gasteiger partial charge < -0.3 is 10.2 Å². The summed E-state index contributed by atoms with van der Waals surface area (Å²) in [5.41, 5.74) is 1.52. The van der Waals surface area contributed by atoms with E-state index in [9.17, 15) is 18.0 Å². The van der Waals surface area contributed by atoms with Crippen LogP contribution in [0.2, 0.25) is 0 Å². The monoisotopic (exact) mass is 432 g/mol. The van der Waals surface area contributed by atoms with E-state index in [2.05, 4.69) is 15.4 Å². The lowest BCUT2D eigenvalue weighted by molar-refractivity contribution is -0.137. The van der Waals surface area contributed by atoms with Gasteiger partial charge in [-0.05, 0) is 42.9 Å². The van der Waals surface area contributed by atoms with Gasteiger partial charge in [0.25, 0.3) is 0 Å². The van der Waals surface area contributed by atoms with Crippen molar-refractivity contribution >= 4 is 17.3 Å². The van der Waals surface area contributed by atoms with Crippen molar-refractivity contribution in [2.24, 2.45) is 0 Å². The van der Waals surface area contributed by atoms with Gasteiger partial charge in [-0.1, -0.05) is 12.1 Å². The van der Waals surface area contributed by atoms with Crippen LogP contribution in [0, 0.1) is 0 Å². The van der Waals surface area contributed by atoms with Crippen LogP contribution in [0.1, 0.15) is 11.1 Å². The van der Waals surface area contributed by atoms with Gasteiger partial charge in [-0.2, -0.15) is 18.3 Å². The topological polar surface area (TPSA) is 66.3 Å². The molecule has 0 aliphatic heterocycles. The van der Waals surface area contributed by atoms with E-state index in [4.69, 9.17) is 0 Å². The highest BCUT2D eigenvalue weighted by Gasteiger charge is 2.31. The van der Waals surface area contributed by atoms with E-state index in [1.54, 1.807) is 11.9 Å². The first-order chi connectivity index (χ1) is 14.6. The van der Waals surface area contributed by atoms with Crippen LogP contribution in [0.3, 0.4) is 0 Å². The maximum absolute atomic E-state index is 13.2. The average Bonchev–Trinajstić information content (AvgIpc) is 3.22. The fourth-order valence-corrected chi connectivity index (χ4v) is 3.05. The molecule has 3 rings (SSSR count). The van der Waals surface area contributed by atoms with Crippen molar-refractivity contribution in [2.75, 3.05) is 37.9 Å². The molecule has 0 aliphatic carbocycles. The highest BCUT2D eigenvalue weighted by molar-refractivity contribution is 5.94. The summed E-state index contributed by atoms with van der Waals surface area (Å²) in [5.74, 6) is -0.437. The van der Waals surface area contributed by atoms with E-state index in [-0.39, 0.29) is 12.2 Å². The first-order valence-corrected chi connectivity index (χ1v) is 9.44. The molecule has 0 aliphatic rings. The lowest BCUT2D eigenvalue weighted by atomic mass is 10.1. The van der Waals surface area contributed by atoms with Gasteiger partial charge >= 0.3 is 6.18 Å². The quantitative estimate of drug-likeness (QED) is 0.620. The van der Waals surface area contributed by atoms with E-state index >= 15 is 0 Å². The molecular weight excluding hydrogens is 409 g/mol. The van der Waals surface area contributed by atoms with Gasteiger partial charge in [0, 0.05) is 26.3 Å². The van der Waals surface area contributed by atoms with Crippen LogP contribution in [0.15, 0.2) is 55.1 Å². The molecule has 164 valence electrons. The number of carbonyl (C=O) groups excluding carboxylic acids is 1. The summed E-state index contributed by atoms with van der Waals surface area (Å²) in [7, 11) is 5.67. The number of carbonyl (C=O) groups is 1. The highest BCUT2D eigenvalue weighted by Crippen LogP contribution is 2.33. The highest BCUT2D eigenvalue weighted by atomic mass is 19.4. The fourth-order valence-electron chi connectivity index (χ4n) is 3.05. The number of likely N-dealkylation sites (N-methyl/N-ethyl adjacent to an activating group) is 1. The van der Waals surface area contributed by atoms with Crippen LogP contribution < -0.4 is 10.2 Å². The molecule has 7 nitrogen and oxygen atoms in total. The van der Waals surface area contributed by atoms with Gasteiger partial charge in [0.05, 0.1) is 23.5 Å². The maximum Gasteiger partial charge on any atom is 0.416 e. The number of halogens is 3. The Labute approximate surface area is 178 Å². The molecule has 10 heteroatoms. The fraction of sp³-hybridized carbons (Fsp3) is 0.286. The number of nitrogens with zero attached hydrogens (tertiary/aromatic N) is 5. The molecule has 0 atom stereocenters. The number of aromatic nitrogens is 3. The molecule has 0 bridgehead atoms. The number of rotatable bonds is 7. The molecule has 0 spiro atoms. The summed E-state index contributed by atoms with van der Waals surface area (Å²) in [6, 6.07) is 11.0. The summed E-state index contributed by atoms with van der Waals surface area (Å²) in [6.07, 6.45) is -1.92. The Morgan fingerprint density at radius 2 is 1.81 bits per heavy atom. The minimum absolute atomic E-state index is 0.00245. The molecular formula is C21H23F3N6O. The summed E-state index contributed by atoms with van der Waals surface area (Å²) in [4.78, 5) is 20.1. The lowest BCUT2D eigenvalue weighted by Gasteiger charge is -2.19. The van der Waals surface area contributed by atoms with Crippen molar-refractivity contribution in [3.63, 3.8) is 0 Å². The summed E-state index contributed by atoms with van der Waals surface area (Å²) in [6.45, 7) is 0.516. The third-order valence-electron chi connectivity index (χ3n) is 4.58. The normalized spacial score (nSPS) is 11.6. The minimum Gasteiger partial charge on any atom is -0.378 e. The van der Waals surface area contributed by atoms with Gasteiger partial charge in [0.2, 0.25) is 5.91 Å². The van der Waals surface area contributed by atoms with Crippen molar-refractivity contribution in [1.82, 2.24) is 19.7 Å². The van der Waals surface area contributed by atoms with Crippen LogP contribution in [-0.2, 0) is 17.5 Å². The number of nitrogens with one attached hydrogen (secondary N) is 1. The minimum atomic E-state index is -4.53. The predicted octanol–water partition coefficient (Wildman–Crippen LogP) is 3.42. The Hall–Kier alpha value is -3.40. The zero-order valence-electron chi connectivity index (χ0n) is 17.4. The number of benzene rings is 2. The average molecular weight is 432 g/mol. The molecule has 31 heavy (non-hydrogen) atoms. The first-order valence-electron chi connectivity index (χ1n) is 9.44. The molecule has 0 fully saturated rings. The number of alkyl halides is 3. The summed E-state index contributed by atoms with van der Waals surface area (Å²) in [5, 5.41) is 6.52. The molecule has 3 aromatic rings. The SMILES string of the molecule is CN(CC(=O)Nc1cc(C(F)(F)F)ccc1-n1cncn1)Cc1ccc(N(C)C)cc1. The van der Waals surface area contributed by atoms with Crippen LogP contribution >= 0.6 is 0 Å². The summed E-state index contributed by atoms with van der Waals surface area (Å²) >= 11 is 0. The lowest BCUT2D eigenvalue weighted by Crippen LogP contribution is -2.30. The van der Waals surface area contributed by atoms with Crippen LogP contribution in [0.25, 0.3) is 5.69 Å². The zero-order valence-corrected chi connectivity index (χ0v) is 17.4. The standard InChI is InChI=1S/C21H23F3N6O/c1-28(2)17-7-4-15(5-8-17)11-29(3)12-20(31)27-18-10-16(21(22,23)24)6-9-19(18)30-14-25-13-26-30/h4-10,13-14H,11-12H2,1-3H3,(H,27,31). The second-order valence-electron chi connectivity index (χ2n) is 7.35. The molecule has 1 heterocycles. The largest absolute Gasteiger partial charge is 0.416 e. The van der Waals surface area contributed by atoms with Gasteiger partial charge in [-0.25, -0.2) is 9.67 Å². The zero-order chi connectivity index (χ0) is 22.6. The van der Waals surface area contributed by atoms with Crippen molar-refractivity contribution in [2.45, 2.75) is 12.7 Å². The van der Waals surface area contributed by atoms with E-state index in [0.29, 0.717) is 12.2 Å². The Kier molecular flexibility index (Phi) is 6.59. The van der Waals surface area contributed by atoms with E-state index in [1.807, 2.05) is 43.3 Å². The van der Waals surface area contributed by atoms with Crippen molar-refractivity contribution in [1.29, 1.82) is 0 Å². The van der Waals surface area contributed by atoms with E-state index in [1.165, 1.54) is 23.4 Å². The van der Waals surface area contributed by atoms with Crippen molar-refractivity contribution in [3.05, 3.63) is 66.2 Å². The number of anilines is 2. The van der Waals surface area contributed by atoms with Crippen LogP contribution in [0.5, 0.6) is 0 Å². The van der Waals surface area contributed by atoms with Crippen molar-refractivity contribution < 1.29 is 18.0 Å². The number of hydrogen-bond acceptors (Lipinski definition) is 5. The molecule has 0 radical (unpaired) electrons. The molecule has 2 aromatic carbocycles. The smallest absolute Gasteiger partial charge is 0.378 e. The Bertz CT molecular complexity index is 1020. The Morgan fingerprint density at radius 3 is 2.39 bits per heavy atom. The molecule has 1 aromatic heterocycles. The molecule has 0 unspecified atom stereocenters. The Morgan fingerprint density at radius 1 is 1.10 bits per heavy atom. The predicted molar refractivity (Wildman–Crippen MR) is 112 cm³/mol. The number of amides is 1. The van der Waals surface area contributed by atoms with E-state index < -0.39 is 17.6 Å². The third kappa shape index (κ3) is 5.82. The van der Waals surface area contributed by atoms with Crippen molar-refractivity contribution in [3.8, 4) is 5.69 Å². The first kappa shape index (κ1) is 22.3. The third-order valence-corrected chi connectivity index (χ3v) is 4.58. The molecule has 1 N–H and O–H groups in total. The number of hydrogen-bond donors (Lipinski definition) is 1. The van der Waals surface area contributed by atoms with Gasteiger partial charge in [-0.3, -0.25) is 9.69 Å².